The van der Waals surface area contributed by atoms with E-state index in [1.807, 2.05) is 23.9 Å². The molecular weight excluding hydrogens is 868 g/mol. The van der Waals surface area contributed by atoms with Crippen molar-refractivity contribution in [2.45, 2.75) is 78.6 Å². The summed E-state index contributed by atoms with van der Waals surface area (Å²) in [5.41, 5.74) is 10.3. The number of aromatic nitrogens is 4. The summed E-state index contributed by atoms with van der Waals surface area (Å²) in [5.74, 6) is 2.04. The van der Waals surface area contributed by atoms with E-state index in [-0.39, 0.29) is 37.3 Å². The largest absolute Gasteiger partial charge is 2.00 e. The Bertz CT molecular complexity index is 2680. The maximum atomic E-state index is 6.78. The van der Waals surface area contributed by atoms with E-state index in [0.29, 0.717) is 11.5 Å². The van der Waals surface area contributed by atoms with Crippen molar-refractivity contribution in [2.24, 2.45) is 0 Å². The van der Waals surface area contributed by atoms with Crippen molar-refractivity contribution < 1.29 is 25.8 Å². The van der Waals surface area contributed by atoms with E-state index < -0.39 is 0 Å². The summed E-state index contributed by atoms with van der Waals surface area (Å²) < 4.78 is 11.0. The number of aryl methyl sites for hydroxylation is 2. The van der Waals surface area contributed by atoms with E-state index in [1.165, 1.54) is 22.3 Å². The first-order chi connectivity index (χ1) is 26.2. The molecule has 0 spiro atoms. The molecule has 0 saturated carbocycles. The summed E-state index contributed by atoms with van der Waals surface area (Å²) >= 11 is 0. The molecule has 56 heavy (non-hydrogen) atoms. The summed E-state index contributed by atoms with van der Waals surface area (Å²) in [6, 6.07) is 50.2. The van der Waals surface area contributed by atoms with E-state index in [1.54, 1.807) is 0 Å². The van der Waals surface area contributed by atoms with Crippen molar-refractivity contribution in [1.29, 1.82) is 0 Å². The second-order valence-electron chi connectivity index (χ2n) is 16.8. The van der Waals surface area contributed by atoms with Gasteiger partial charge in [-0.1, -0.05) is 127 Å². The molecule has 6 heteroatoms. The van der Waals surface area contributed by atoms with Crippen LogP contribution in [0.3, 0.4) is 0 Å². The van der Waals surface area contributed by atoms with Crippen LogP contribution in [-0.2, 0) is 37.3 Å². The number of nitrogens with zero attached hydrogens (tertiary/aromatic N) is 4. The Morgan fingerprint density at radius 3 is 1.86 bits per heavy atom. The number of pyridine rings is 1. The fraction of sp³-hybridized carbons (Fsp3) is 0.240. The summed E-state index contributed by atoms with van der Waals surface area (Å²) in [5, 5.41) is 7.05. The minimum Gasteiger partial charge on any atom is -0.509 e. The quantitative estimate of drug-likeness (QED) is 0.143. The van der Waals surface area contributed by atoms with Crippen LogP contribution < -0.4 is 4.74 Å². The van der Waals surface area contributed by atoms with Crippen molar-refractivity contribution in [2.75, 3.05) is 0 Å². The van der Waals surface area contributed by atoms with Gasteiger partial charge in [-0.05, 0) is 82.3 Å². The zero-order valence-electron chi connectivity index (χ0n) is 33.6. The molecule has 0 N–H and O–H groups in total. The topological polar surface area (TPSA) is 44.9 Å². The Morgan fingerprint density at radius 2 is 1.23 bits per heavy atom. The number of hydrogen-bond donors (Lipinski definition) is 0. The third kappa shape index (κ3) is 7.14. The normalized spacial score (nSPS) is 12.2. The first-order valence-corrected chi connectivity index (χ1v) is 19.1. The Kier molecular flexibility index (Phi) is 10.2. The number of ether oxygens (including phenoxy) is 1. The molecule has 0 amide bonds. The van der Waals surface area contributed by atoms with Gasteiger partial charge in [0.2, 0.25) is 0 Å². The SMILES string of the molecule is Cc1cc(C)n(-c2[c-]c(Oc3[c-]c4c(cc3)c3cc(C(C)(C)c5ccccc5)ccc3n4-c3cc(C(C)(C)C)ccn3)cc(C(C)(C)c3ccccc3)c2)n1.[Pt+2]. The molecule has 0 unspecified atom stereocenters. The van der Waals surface area contributed by atoms with Crippen molar-refractivity contribution in [3.63, 3.8) is 0 Å². The van der Waals surface area contributed by atoms with Crippen molar-refractivity contribution in [3.8, 4) is 23.0 Å². The Hall–Kier alpha value is -5.25. The average molecular weight is 916 g/mol. The number of hydrogen-bond acceptors (Lipinski definition) is 3. The minimum atomic E-state index is -0.311. The molecule has 0 aliphatic carbocycles. The maximum Gasteiger partial charge on any atom is 2.00 e. The maximum absolute atomic E-state index is 6.78. The average Bonchev–Trinajstić information content (AvgIpc) is 3.69. The molecule has 8 rings (SSSR count). The zero-order valence-corrected chi connectivity index (χ0v) is 35.9. The number of fused-ring (bicyclic) bond motifs is 3. The molecule has 0 aliphatic rings. The second kappa shape index (κ2) is 14.7. The third-order valence-electron chi connectivity index (χ3n) is 11.2. The van der Waals surface area contributed by atoms with Crippen LogP contribution in [0.1, 0.15) is 87.7 Å². The van der Waals surface area contributed by atoms with Gasteiger partial charge in [0, 0.05) is 34.3 Å². The van der Waals surface area contributed by atoms with E-state index in [9.17, 15) is 0 Å². The Balaban J connectivity index is 0.00000480. The summed E-state index contributed by atoms with van der Waals surface area (Å²) in [6.45, 7) is 19.9. The number of benzene rings is 5. The first kappa shape index (κ1) is 39.0. The van der Waals surface area contributed by atoms with Crippen molar-refractivity contribution >= 4 is 21.8 Å². The summed E-state index contributed by atoms with van der Waals surface area (Å²) in [4.78, 5) is 4.94. The van der Waals surface area contributed by atoms with Crippen LogP contribution in [0.5, 0.6) is 11.5 Å². The van der Waals surface area contributed by atoms with Gasteiger partial charge < -0.3 is 9.30 Å². The van der Waals surface area contributed by atoms with Gasteiger partial charge >= 0.3 is 21.1 Å². The molecule has 284 valence electrons. The number of rotatable bonds is 8. The van der Waals surface area contributed by atoms with Gasteiger partial charge in [-0.2, -0.15) is 11.2 Å². The molecule has 5 nitrogen and oxygen atoms in total. The fourth-order valence-corrected chi connectivity index (χ4v) is 7.71. The van der Waals surface area contributed by atoms with Crippen LogP contribution in [0.15, 0.2) is 128 Å². The minimum absolute atomic E-state index is 0. The van der Waals surface area contributed by atoms with Crippen molar-refractivity contribution in [3.05, 3.63) is 179 Å². The molecule has 8 aromatic rings. The molecule has 0 bridgehead atoms. The van der Waals surface area contributed by atoms with Gasteiger partial charge in [0.25, 0.3) is 0 Å². The van der Waals surface area contributed by atoms with Crippen LogP contribution in [0.25, 0.3) is 33.3 Å². The van der Waals surface area contributed by atoms with Crippen molar-refractivity contribution in [1.82, 2.24) is 19.3 Å². The monoisotopic (exact) mass is 915 g/mol. The smallest absolute Gasteiger partial charge is 0.509 e. The van der Waals surface area contributed by atoms with Crippen LogP contribution in [-0.4, -0.2) is 19.3 Å². The molecule has 5 aromatic carbocycles. The first-order valence-electron chi connectivity index (χ1n) is 19.1. The van der Waals surface area contributed by atoms with E-state index >= 15 is 0 Å². The van der Waals surface area contributed by atoms with Gasteiger partial charge in [0.1, 0.15) is 5.82 Å². The predicted molar refractivity (Wildman–Crippen MR) is 225 cm³/mol. The molecule has 3 aromatic heterocycles. The molecule has 0 atom stereocenters. The van der Waals surface area contributed by atoms with E-state index in [0.717, 1.165) is 50.3 Å². The molecule has 3 heterocycles. The molecular formula is C50H48N4OPt. The van der Waals surface area contributed by atoms with Gasteiger partial charge in [-0.15, -0.1) is 41.3 Å². The van der Waals surface area contributed by atoms with E-state index in [4.69, 9.17) is 14.8 Å². The van der Waals surface area contributed by atoms with Crippen LogP contribution >= 0.6 is 0 Å². The van der Waals surface area contributed by atoms with Gasteiger partial charge in [0.05, 0.1) is 5.69 Å². The standard InChI is InChI=1S/C50H48N4O.Pt/c1-33-26-34(2)54(52-33)40-27-39(50(8,9)36-18-14-11-15-19-36)28-42(31-40)55-41-21-22-43-44-29-38(49(6,7)35-16-12-10-13-17-35)20-23-45(44)53(46(43)32-41)47-30-37(24-25-51-47)48(3,4)5;/h10-30H,1-9H3;/q-2;+2. The van der Waals surface area contributed by atoms with E-state index in [2.05, 4.69) is 187 Å². The summed E-state index contributed by atoms with van der Waals surface area (Å²) in [7, 11) is 0. The molecule has 0 aliphatic heterocycles. The molecule has 0 saturated heterocycles. The van der Waals surface area contributed by atoms with Gasteiger partial charge in [0.15, 0.2) is 0 Å². The summed E-state index contributed by atoms with van der Waals surface area (Å²) in [6.07, 6.45) is 1.91. The molecule has 0 fully saturated rings. The van der Waals surface area contributed by atoms with Crippen LogP contribution in [0.4, 0.5) is 0 Å². The Labute approximate surface area is 345 Å². The van der Waals surface area contributed by atoms with Crippen LogP contribution in [0, 0.1) is 26.0 Å². The predicted octanol–water partition coefficient (Wildman–Crippen LogP) is 12.3. The fourth-order valence-electron chi connectivity index (χ4n) is 7.71. The van der Waals surface area contributed by atoms with Gasteiger partial charge in [-0.3, -0.25) is 4.68 Å². The third-order valence-corrected chi connectivity index (χ3v) is 11.2. The van der Waals surface area contributed by atoms with Gasteiger partial charge in [-0.25, -0.2) is 4.98 Å². The zero-order chi connectivity index (χ0) is 38.7. The Morgan fingerprint density at radius 1 is 0.571 bits per heavy atom. The molecule has 0 radical (unpaired) electrons. The van der Waals surface area contributed by atoms with Crippen LogP contribution in [0.2, 0.25) is 0 Å². The second-order valence-corrected chi connectivity index (χ2v) is 16.8.